The third kappa shape index (κ3) is 2.96. The quantitative estimate of drug-likeness (QED) is 0.882. The number of morpholine rings is 1. The van der Waals surface area contributed by atoms with Gasteiger partial charge in [0.15, 0.2) is 11.4 Å². The molecule has 1 aliphatic heterocycles. The van der Waals surface area contributed by atoms with Crippen LogP contribution in [0.1, 0.15) is 19.5 Å². The number of anilines is 1. The van der Waals surface area contributed by atoms with Gasteiger partial charge in [0, 0.05) is 31.4 Å². The first-order chi connectivity index (χ1) is 8.94. The fourth-order valence-corrected chi connectivity index (χ4v) is 2.34. The average Bonchev–Trinajstić information content (AvgIpc) is 2.69. The van der Waals surface area contributed by atoms with Crippen molar-refractivity contribution in [3.8, 4) is 0 Å². The summed E-state index contributed by atoms with van der Waals surface area (Å²) in [6.07, 6.45) is 0. The van der Waals surface area contributed by atoms with Gasteiger partial charge in [-0.25, -0.2) is 0 Å². The number of aryl methyl sites for hydroxylation is 2. The SMILES string of the molecule is CCn1nc(NC(=O)C2(C)CN(C)CCO2)cc1C. The summed E-state index contributed by atoms with van der Waals surface area (Å²) in [5, 5.41) is 7.17. The summed E-state index contributed by atoms with van der Waals surface area (Å²) in [5.41, 5.74) is 0.223. The standard InChI is InChI=1S/C13H22N4O2/c1-5-17-10(2)8-11(15-17)14-12(18)13(3)9-16(4)6-7-19-13/h8H,5-7,9H2,1-4H3,(H,14,15,18). The predicted octanol–water partition coefficient (Wildman–Crippen LogP) is 0.871. The van der Waals surface area contributed by atoms with Gasteiger partial charge in [-0.1, -0.05) is 0 Å². The van der Waals surface area contributed by atoms with Crippen molar-refractivity contribution in [2.24, 2.45) is 0 Å². The smallest absolute Gasteiger partial charge is 0.258 e. The molecule has 19 heavy (non-hydrogen) atoms. The van der Waals surface area contributed by atoms with Gasteiger partial charge < -0.3 is 15.0 Å². The van der Waals surface area contributed by atoms with E-state index in [-0.39, 0.29) is 5.91 Å². The van der Waals surface area contributed by atoms with Crippen molar-refractivity contribution in [2.75, 3.05) is 32.1 Å². The average molecular weight is 266 g/mol. The van der Waals surface area contributed by atoms with E-state index in [1.54, 1.807) is 0 Å². The van der Waals surface area contributed by atoms with Crippen molar-refractivity contribution in [2.45, 2.75) is 32.9 Å². The van der Waals surface area contributed by atoms with Gasteiger partial charge in [0.05, 0.1) is 6.61 Å². The molecule has 1 fully saturated rings. The highest BCUT2D eigenvalue weighted by Gasteiger charge is 2.38. The first-order valence-corrected chi connectivity index (χ1v) is 6.63. The van der Waals surface area contributed by atoms with Gasteiger partial charge in [-0.3, -0.25) is 9.48 Å². The summed E-state index contributed by atoms with van der Waals surface area (Å²) in [6.45, 7) is 8.62. The summed E-state index contributed by atoms with van der Waals surface area (Å²) in [7, 11) is 1.99. The molecular formula is C13H22N4O2. The number of aromatic nitrogens is 2. The molecule has 1 aromatic heterocycles. The zero-order chi connectivity index (χ0) is 14.0. The second-order valence-electron chi connectivity index (χ2n) is 5.26. The molecule has 1 aliphatic rings. The van der Waals surface area contributed by atoms with Gasteiger partial charge in [0.2, 0.25) is 0 Å². The van der Waals surface area contributed by atoms with E-state index in [2.05, 4.69) is 15.3 Å². The largest absolute Gasteiger partial charge is 0.363 e. The molecule has 1 N–H and O–H groups in total. The van der Waals surface area contributed by atoms with Crippen LogP contribution in [0, 0.1) is 6.92 Å². The summed E-state index contributed by atoms with van der Waals surface area (Å²) in [4.78, 5) is 14.4. The summed E-state index contributed by atoms with van der Waals surface area (Å²) >= 11 is 0. The Morgan fingerprint density at radius 1 is 1.63 bits per heavy atom. The third-order valence-electron chi connectivity index (χ3n) is 3.47. The van der Waals surface area contributed by atoms with Gasteiger partial charge in [-0.2, -0.15) is 5.10 Å². The van der Waals surface area contributed by atoms with E-state index in [9.17, 15) is 4.79 Å². The Morgan fingerprint density at radius 3 is 2.95 bits per heavy atom. The van der Waals surface area contributed by atoms with Crippen LogP contribution in [0.5, 0.6) is 0 Å². The minimum absolute atomic E-state index is 0.139. The van der Waals surface area contributed by atoms with Crippen LogP contribution in [0.4, 0.5) is 5.82 Å². The number of hydrogen-bond donors (Lipinski definition) is 1. The number of carbonyl (C=O) groups is 1. The number of rotatable bonds is 3. The first kappa shape index (κ1) is 14.0. The van der Waals surface area contributed by atoms with E-state index in [0.29, 0.717) is 19.0 Å². The highest BCUT2D eigenvalue weighted by Crippen LogP contribution is 2.19. The highest BCUT2D eigenvalue weighted by atomic mass is 16.5. The van der Waals surface area contributed by atoms with E-state index in [0.717, 1.165) is 18.8 Å². The lowest BCUT2D eigenvalue weighted by Crippen LogP contribution is -2.55. The minimum atomic E-state index is -0.809. The van der Waals surface area contributed by atoms with Crippen molar-refractivity contribution in [3.63, 3.8) is 0 Å². The van der Waals surface area contributed by atoms with Crippen LogP contribution in [0.15, 0.2) is 6.07 Å². The molecule has 6 heteroatoms. The normalized spacial score (nSPS) is 24.4. The number of amides is 1. The maximum atomic E-state index is 12.3. The lowest BCUT2D eigenvalue weighted by molar-refractivity contribution is -0.149. The molecule has 6 nitrogen and oxygen atoms in total. The highest BCUT2D eigenvalue weighted by molar-refractivity contribution is 5.96. The molecule has 0 aromatic carbocycles. The van der Waals surface area contributed by atoms with Crippen LogP contribution >= 0.6 is 0 Å². The Kier molecular flexibility index (Phi) is 3.91. The van der Waals surface area contributed by atoms with E-state index in [1.807, 2.05) is 38.6 Å². The van der Waals surface area contributed by atoms with Gasteiger partial charge in [0.1, 0.15) is 0 Å². The monoisotopic (exact) mass is 266 g/mol. The van der Waals surface area contributed by atoms with Crippen LogP contribution in [-0.4, -0.2) is 52.9 Å². The molecule has 0 saturated carbocycles. The van der Waals surface area contributed by atoms with Gasteiger partial charge in [-0.05, 0) is 27.8 Å². The molecule has 0 bridgehead atoms. The number of nitrogens with one attached hydrogen (secondary N) is 1. The summed E-state index contributed by atoms with van der Waals surface area (Å²) < 4.78 is 7.50. The fourth-order valence-electron chi connectivity index (χ4n) is 2.34. The lowest BCUT2D eigenvalue weighted by Gasteiger charge is -2.37. The number of nitrogens with zero attached hydrogens (tertiary/aromatic N) is 3. The number of ether oxygens (including phenoxy) is 1. The molecule has 2 heterocycles. The van der Waals surface area contributed by atoms with Crippen LogP contribution in [0.25, 0.3) is 0 Å². The number of likely N-dealkylation sites (N-methyl/N-ethyl adjacent to an activating group) is 1. The van der Waals surface area contributed by atoms with Crippen molar-refractivity contribution >= 4 is 11.7 Å². The molecule has 0 aliphatic carbocycles. The van der Waals surface area contributed by atoms with Crippen molar-refractivity contribution in [3.05, 3.63) is 11.8 Å². The lowest BCUT2D eigenvalue weighted by atomic mass is 10.0. The van der Waals surface area contributed by atoms with Crippen LogP contribution in [0.2, 0.25) is 0 Å². The van der Waals surface area contributed by atoms with Crippen LogP contribution < -0.4 is 5.32 Å². The molecule has 1 aromatic rings. The maximum absolute atomic E-state index is 12.3. The Hall–Kier alpha value is -1.40. The topological polar surface area (TPSA) is 59.4 Å². The Balaban J connectivity index is 2.07. The zero-order valence-electron chi connectivity index (χ0n) is 12.1. The van der Waals surface area contributed by atoms with E-state index < -0.39 is 5.60 Å². The fraction of sp³-hybridized carbons (Fsp3) is 0.692. The molecule has 0 radical (unpaired) electrons. The second kappa shape index (κ2) is 5.30. The third-order valence-corrected chi connectivity index (χ3v) is 3.47. The predicted molar refractivity (Wildman–Crippen MR) is 73.1 cm³/mol. The molecular weight excluding hydrogens is 244 g/mol. The number of carbonyl (C=O) groups excluding carboxylic acids is 1. The van der Waals surface area contributed by atoms with Gasteiger partial charge >= 0.3 is 0 Å². The van der Waals surface area contributed by atoms with E-state index in [1.165, 1.54) is 0 Å². The summed E-state index contributed by atoms with van der Waals surface area (Å²) in [6, 6.07) is 1.87. The minimum Gasteiger partial charge on any atom is -0.363 e. The molecule has 0 spiro atoms. The van der Waals surface area contributed by atoms with Crippen molar-refractivity contribution in [1.82, 2.24) is 14.7 Å². The maximum Gasteiger partial charge on any atom is 0.258 e. The molecule has 1 unspecified atom stereocenters. The molecule has 106 valence electrons. The molecule has 2 rings (SSSR count). The van der Waals surface area contributed by atoms with Crippen molar-refractivity contribution < 1.29 is 9.53 Å². The molecule has 1 atom stereocenters. The summed E-state index contributed by atoms with van der Waals surface area (Å²) in [5.74, 6) is 0.446. The van der Waals surface area contributed by atoms with Gasteiger partial charge in [0.25, 0.3) is 5.91 Å². The Labute approximate surface area is 113 Å². The Morgan fingerprint density at radius 2 is 2.37 bits per heavy atom. The first-order valence-electron chi connectivity index (χ1n) is 6.63. The van der Waals surface area contributed by atoms with E-state index >= 15 is 0 Å². The molecule has 1 amide bonds. The number of hydrogen-bond acceptors (Lipinski definition) is 4. The van der Waals surface area contributed by atoms with Crippen LogP contribution in [-0.2, 0) is 16.1 Å². The second-order valence-corrected chi connectivity index (χ2v) is 5.26. The van der Waals surface area contributed by atoms with Gasteiger partial charge in [-0.15, -0.1) is 0 Å². The molecule has 1 saturated heterocycles. The zero-order valence-corrected chi connectivity index (χ0v) is 12.1. The van der Waals surface area contributed by atoms with Crippen LogP contribution in [0.3, 0.4) is 0 Å². The van der Waals surface area contributed by atoms with E-state index in [4.69, 9.17) is 4.74 Å². The Bertz CT molecular complexity index is 471. The van der Waals surface area contributed by atoms with Crippen molar-refractivity contribution in [1.29, 1.82) is 0 Å².